The lowest BCUT2D eigenvalue weighted by Gasteiger charge is -2.42. The molecule has 0 radical (unpaired) electrons. The third-order valence-corrected chi connectivity index (χ3v) is 22.0. The molecule has 0 unspecified atom stereocenters. The van der Waals surface area contributed by atoms with E-state index in [0.717, 1.165) is 33.3 Å². The molecular weight excluding hydrogens is 1470 g/mol. The number of allylic oxidation sites excluding steroid dienone is 6. The molecule has 8 rings (SSSR count). The van der Waals surface area contributed by atoms with E-state index in [4.69, 9.17) is 68.0 Å². The maximum absolute atomic E-state index is 14.4. The molecule has 4 heterocycles. The fourth-order valence-corrected chi connectivity index (χ4v) is 15.5. The highest BCUT2D eigenvalue weighted by Gasteiger charge is 2.53. The van der Waals surface area contributed by atoms with E-state index < -0.39 is 116 Å². The van der Waals surface area contributed by atoms with E-state index in [9.17, 15) is 58.2 Å². The third kappa shape index (κ3) is 25.3. The number of Topliss-reactive ketones (excluding diaryl/α,β-unsaturated/α-hetero) is 3. The molecule has 17 atom stereocenters. The van der Waals surface area contributed by atoms with Crippen molar-refractivity contribution in [1.82, 2.24) is 19.8 Å². The minimum absolute atomic E-state index is 0.0193. The van der Waals surface area contributed by atoms with Gasteiger partial charge in [0.15, 0.2) is 23.0 Å². The molecule has 0 spiro atoms. The van der Waals surface area contributed by atoms with Gasteiger partial charge in [0.05, 0.1) is 78.2 Å². The molecule has 31 heteroatoms. The molecule has 1 saturated carbocycles. The van der Waals surface area contributed by atoms with Gasteiger partial charge in [0.2, 0.25) is 22.9 Å². The number of carbonyl (C=O) groups excluding carboxylic acids is 6. The summed E-state index contributed by atoms with van der Waals surface area (Å²) < 4.78 is 67.9. The number of aliphatic hydroxyl groups is 4. The summed E-state index contributed by atoms with van der Waals surface area (Å²) >= 11 is 0. The van der Waals surface area contributed by atoms with Gasteiger partial charge in [-0.1, -0.05) is 77.1 Å². The Hall–Kier alpha value is -7.84. The number of fused-ring (bicyclic) bond motifs is 6. The number of nitrogens with one attached hydrogen (secondary N) is 1. The second-order valence-corrected chi connectivity index (χ2v) is 31.5. The van der Waals surface area contributed by atoms with Crippen LogP contribution >= 0.6 is 7.60 Å². The van der Waals surface area contributed by atoms with Crippen molar-refractivity contribution >= 4 is 48.5 Å². The summed E-state index contributed by atoms with van der Waals surface area (Å²) in [6.07, 6.45) is 12.1. The Labute approximate surface area is 655 Å². The number of nitrogens with zero attached hydrogens (tertiary/aromatic N) is 3. The zero-order valence-electron chi connectivity index (χ0n) is 67.2. The number of anilines is 1. The molecule has 2 amide bonds. The van der Waals surface area contributed by atoms with Crippen LogP contribution in [0.15, 0.2) is 93.7 Å². The SMILES string of the molecule is CO[C@H]1C[C@@H]2CC[C@@H](C)[C@@](O)(O2)C(=O)C(=O)N2CCCC[C@H]2C(=O)O[C@H]([C@H](C)C[C@@H]2CC[C@@H](O)[C@H](OC)C2)CC(=O)[C@H](C)/C=C(\C)[C@@H](O)[C@@H](OC)C(=O)[C@H](C)C[C@H](C)/C=C/C=C/C=C/1C.COc1cc2c(c(OC)c1OC)-c1ccc(OC)c(=O)cc1[C@@H](NC(C)=O)CC2.Nc1ccn(C[C@@H](CO)OCP(=O)(O)O)c(=O)n1. The average Bonchev–Trinajstić information content (AvgIpc) is 1.66. The molecule has 3 aliphatic heterocycles. The number of carbonyl (C=O) groups is 6. The monoisotopic (exact) mass is 1590 g/mol. The number of amides is 2. The van der Waals surface area contributed by atoms with Crippen molar-refractivity contribution in [2.45, 2.75) is 219 Å². The normalized spacial score (nSPS) is 29.4. The van der Waals surface area contributed by atoms with Gasteiger partial charge in [-0.15, -0.1) is 0 Å². The molecule has 1 aromatic heterocycles. The Bertz CT molecular complexity index is 4010. The van der Waals surface area contributed by atoms with Crippen molar-refractivity contribution in [1.29, 1.82) is 0 Å². The molecule has 3 fully saturated rings. The minimum Gasteiger partial charge on any atom is -0.493 e. The fraction of sp³-hybridized carbons (Fsp3) is 0.617. The summed E-state index contributed by atoms with van der Waals surface area (Å²) in [4.78, 5) is 128. The maximum Gasteiger partial charge on any atom is 0.350 e. The number of cyclic esters (lactones) is 1. The highest BCUT2D eigenvalue weighted by atomic mass is 31.2. The van der Waals surface area contributed by atoms with Gasteiger partial charge >= 0.3 is 19.3 Å². The van der Waals surface area contributed by atoms with E-state index in [0.29, 0.717) is 99.0 Å². The Balaban J connectivity index is 0.000000336. The van der Waals surface area contributed by atoms with Gasteiger partial charge in [-0.3, -0.25) is 37.9 Å². The quantitative estimate of drug-likeness (QED) is 0.0282. The molecule has 2 bridgehead atoms. The van der Waals surface area contributed by atoms with E-state index in [1.165, 1.54) is 44.4 Å². The van der Waals surface area contributed by atoms with Crippen molar-refractivity contribution in [3.63, 3.8) is 0 Å². The first-order valence-electron chi connectivity index (χ1n) is 38.1. The number of hydrogen-bond donors (Lipinski definition) is 8. The zero-order chi connectivity index (χ0) is 83.1. The number of aliphatic hydroxyl groups excluding tert-OH is 3. The first-order valence-corrected chi connectivity index (χ1v) is 39.9. The van der Waals surface area contributed by atoms with E-state index >= 15 is 0 Å². The first-order chi connectivity index (χ1) is 53.0. The molecule has 622 valence electrons. The van der Waals surface area contributed by atoms with Crippen molar-refractivity contribution in [3.05, 3.63) is 116 Å². The van der Waals surface area contributed by atoms with E-state index in [1.54, 1.807) is 68.5 Å². The van der Waals surface area contributed by atoms with Crippen LogP contribution in [0, 0.1) is 35.5 Å². The van der Waals surface area contributed by atoms with Crippen LogP contribution in [0.2, 0.25) is 0 Å². The zero-order valence-corrected chi connectivity index (χ0v) is 68.1. The number of ketones is 3. The van der Waals surface area contributed by atoms with Crippen LogP contribution in [0.3, 0.4) is 0 Å². The number of hydrogen-bond acceptors (Lipinski definition) is 25. The van der Waals surface area contributed by atoms with Crippen LogP contribution in [0.25, 0.3) is 11.1 Å². The van der Waals surface area contributed by atoms with Crippen LogP contribution in [0.4, 0.5) is 5.82 Å². The van der Waals surface area contributed by atoms with E-state index in [-0.39, 0.29) is 90.3 Å². The molecule has 30 nitrogen and oxygen atoms in total. The summed E-state index contributed by atoms with van der Waals surface area (Å²) in [7, 11) is 6.35. The van der Waals surface area contributed by atoms with Crippen LogP contribution in [-0.2, 0) is 74.7 Å². The van der Waals surface area contributed by atoms with Crippen LogP contribution < -0.4 is 41.1 Å². The lowest BCUT2D eigenvalue weighted by atomic mass is 9.78. The number of nitrogen functional groups attached to an aromatic ring is 1. The molecular formula is C81H118N5O25P. The number of methoxy groups -OCH3 is 7. The van der Waals surface area contributed by atoms with E-state index in [1.807, 2.05) is 70.2 Å². The van der Waals surface area contributed by atoms with Crippen molar-refractivity contribution in [3.8, 4) is 34.1 Å². The number of nitrogens with two attached hydrogens (primary N) is 1. The molecule has 112 heavy (non-hydrogen) atoms. The van der Waals surface area contributed by atoms with Gasteiger partial charge in [-0.05, 0) is 161 Å². The van der Waals surface area contributed by atoms with Crippen molar-refractivity contribution < 1.29 is 111 Å². The number of rotatable bonds is 17. The predicted octanol–water partition coefficient (Wildman–Crippen LogP) is 7.39. The number of ether oxygens (including phenoxy) is 10. The van der Waals surface area contributed by atoms with Crippen LogP contribution in [0.1, 0.15) is 156 Å². The van der Waals surface area contributed by atoms with Crippen LogP contribution in [0.5, 0.6) is 23.0 Å². The summed E-state index contributed by atoms with van der Waals surface area (Å²) in [5.74, 6) is -6.29. The Morgan fingerprint density at radius 1 is 0.812 bits per heavy atom. The summed E-state index contributed by atoms with van der Waals surface area (Å²) in [6.45, 7) is 13.6. The molecule has 5 aliphatic rings. The maximum atomic E-state index is 14.4. The number of aryl methyl sites for hydroxylation is 1. The van der Waals surface area contributed by atoms with Crippen LogP contribution in [-0.4, -0.2) is 210 Å². The summed E-state index contributed by atoms with van der Waals surface area (Å²) in [5, 5.41) is 45.8. The Morgan fingerprint density at radius 3 is 2.14 bits per heavy atom. The van der Waals surface area contributed by atoms with Crippen molar-refractivity contribution in [2.75, 3.05) is 75.0 Å². The van der Waals surface area contributed by atoms with Gasteiger partial charge in [0.1, 0.15) is 42.3 Å². The summed E-state index contributed by atoms with van der Waals surface area (Å²) in [5.41, 5.74) is 8.94. The second kappa shape index (κ2) is 43.6. The number of esters is 1. The second-order valence-electron chi connectivity index (χ2n) is 29.9. The average molecular weight is 1590 g/mol. The van der Waals surface area contributed by atoms with Gasteiger partial charge in [-0.25, -0.2) is 9.59 Å². The predicted molar refractivity (Wildman–Crippen MR) is 416 cm³/mol. The number of piperidine rings is 1. The molecule has 9 N–H and O–H groups in total. The topological polar surface area (TPSA) is 426 Å². The Kier molecular flexibility index (Phi) is 36.2. The van der Waals surface area contributed by atoms with Crippen molar-refractivity contribution in [2.24, 2.45) is 35.5 Å². The number of aromatic nitrogens is 2. The highest BCUT2D eigenvalue weighted by Crippen LogP contribution is 2.51. The highest BCUT2D eigenvalue weighted by molar-refractivity contribution is 7.51. The van der Waals surface area contributed by atoms with Gasteiger partial charge in [-0.2, -0.15) is 4.98 Å². The Morgan fingerprint density at radius 2 is 1.52 bits per heavy atom. The van der Waals surface area contributed by atoms with Gasteiger partial charge < -0.3 is 93.5 Å². The molecule has 2 aromatic carbocycles. The van der Waals surface area contributed by atoms with E-state index in [2.05, 4.69) is 10.3 Å². The number of benzene rings is 1. The summed E-state index contributed by atoms with van der Waals surface area (Å²) in [6, 6.07) is 6.82. The standard InChI is InChI=1S/C51H79NO13.C22H25NO6.C8H14N3O6P/c1-30-16-12-11-13-17-31(2)42(61-8)28-38-21-19-36(7)51(60,65-38)48(57)49(58)52-23-15-14-18-39(52)50(59)64-43(33(4)26-37-20-22-40(53)44(27-37)62-9)29-41(54)32(3)25-35(6)46(56)47(63-10)45(55)34(5)24-30;1-12(24)23-16-8-6-13-10-19(27-3)21(28-4)22(29-5)20(13)14-7-9-18(26-2)17(25)11-15(14)16;9-7-1-2-11(8(13)10-7)3-6(4-12)17-5-18(14,15)16/h11-13,16-17,25,30,32-34,36-40,42-44,46-47,53,56,60H,14-15,18-24,26-29H2,1-10H3;7,9-11,16H,6,8H2,1-5H3,(H,23,24);1-2,6,12H,3-5H2,(H2,9,10,13)(H2,14,15,16)/b13-11+,16-12+,31-17+,35-25+;;/t30-,32-,33-,34-,36-,37+,38+,39+,40-,42+,43+,44-,46-,47+,51-;16-;6-/m100/s1. The largest absolute Gasteiger partial charge is 0.493 e. The molecule has 2 saturated heterocycles. The van der Waals surface area contributed by atoms with Gasteiger partial charge in [0.25, 0.3) is 11.7 Å². The lowest BCUT2D eigenvalue weighted by Crippen LogP contribution is -2.61. The van der Waals surface area contributed by atoms with Gasteiger partial charge in [0, 0.05) is 77.2 Å². The first kappa shape index (κ1) is 93.0. The fourth-order valence-electron chi connectivity index (χ4n) is 15.1. The third-order valence-electron chi connectivity index (χ3n) is 21.6. The lowest BCUT2D eigenvalue weighted by molar-refractivity contribution is -0.265. The minimum atomic E-state index is -4.31. The smallest absolute Gasteiger partial charge is 0.350 e. The molecule has 2 aliphatic carbocycles. The molecule has 3 aromatic rings.